The molecule has 0 aliphatic carbocycles. The number of phenols is 1. The van der Waals surface area contributed by atoms with Crippen LogP contribution < -0.4 is 0 Å². The van der Waals surface area contributed by atoms with Gasteiger partial charge in [-0.1, -0.05) is 97.1 Å². The molecule has 5 heteroatoms. The first-order valence-corrected chi connectivity index (χ1v) is 13.4. The Bertz CT molecular complexity index is 1940. The van der Waals surface area contributed by atoms with Crippen molar-refractivity contribution in [1.29, 1.82) is 0 Å². The first kappa shape index (κ1) is 24.5. The molecule has 5 aromatic carbocycles. The Balaban J connectivity index is 1.26. The van der Waals surface area contributed by atoms with E-state index in [-0.39, 0.29) is 5.75 Å². The summed E-state index contributed by atoms with van der Waals surface area (Å²) in [6.07, 6.45) is 0. The van der Waals surface area contributed by atoms with Gasteiger partial charge in [-0.25, -0.2) is 15.0 Å². The predicted molar refractivity (Wildman–Crippen MR) is 163 cm³/mol. The van der Waals surface area contributed by atoms with E-state index in [9.17, 15) is 5.11 Å². The maximum atomic E-state index is 10.6. The summed E-state index contributed by atoms with van der Waals surface area (Å²) >= 11 is 0. The molecule has 0 aliphatic heterocycles. The van der Waals surface area contributed by atoms with Crippen molar-refractivity contribution < 1.29 is 9.52 Å². The highest BCUT2D eigenvalue weighted by atomic mass is 16.3. The lowest BCUT2D eigenvalue weighted by atomic mass is 10.0. The topological polar surface area (TPSA) is 72.0 Å². The zero-order valence-electron chi connectivity index (χ0n) is 22.3. The maximum Gasteiger partial charge on any atom is 0.231 e. The molecule has 0 bridgehead atoms. The third-order valence-electron chi connectivity index (χ3n) is 7.11. The Labute approximate surface area is 237 Å². The van der Waals surface area contributed by atoms with Gasteiger partial charge < -0.3 is 9.52 Å². The monoisotopic (exact) mass is 531 g/mol. The fourth-order valence-electron chi connectivity index (χ4n) is 4.94. The summed E-state index contributed by atoms with van der Waals surface area (Å²) in [4.78, 5) is 14.5. The molecule has 0 radical (unpaired) electrons. The molecule has 0 amide bonds. The van der Waals surface area contributed by atoms with Crippen LogP contribution in [0.2, 0.25) is 0 Å². The molecule has 0 saturated carbocycles. The van der Waals surface area contributed by atoms with Crippen LogP contribution in [0.15, 0.2) is 132 Å². The Kier molecular flexibility index (Phi) is 6.10. The Morgan fingerprint density at radius 3 is 1.80 bits per heavy atom. The van der Waals surface area contributed by atoms with Crippen molar-refractivity contribution in [2.24, 2.45) is 0 Å². The molecule has 5 nitrogen and oxygen atoms in total. The summed E-state index contributed by atoms with van der Waals surface area (Å²) in [6, 6.07) is 41.8. The summed E-state index contributed by atoms with van der Waals surface area (Å²) in [5.41, 5.74) is 9.76. The first-order chi connectivity index (χ1) is 20.1. The van der Waals surface area contributed by atoms with Crippen LogP contribution in [0.5, 0.6) is 5.75 Å². The lowest BCUT2D eigenvalue weighted by molar-refractivity contribution is 0.474. The largest absolute Gasteiger partial charge is 0.507 e. The molecule has 0 unspecified atom stereocenters. The predicted octanol–water partition coefficient (Wildman–Crippen LogP) is 8.97. The molecule has 2 aromatic heterocycles. The van der Waals surface area contributed by atoms with Crippen LogP contribution in [0, 0.1) is 6.92 Å². The van der Waals surface area contributed by atoms with E-state index in [0.29, 0.717) is 22.9 Å². The van der Waals surface area contributed by atoms with Gasteiger partial charge in [0.05, 0.1) is 17.0 Å². The summed E-state index contributed by atoms with van der Waals surface area (Å²) in [5.74, 6) is 1.17. The molecule has 0 aliphatic rings. The summed E-state index contributed by atoms with van der Waals surface area (Å²) < 4.78 is 5.97. The minimum absolute atomic E-state index is 0.119. The zero-order valence-corrected chi connectivity index (χ0v) is 22.3. The van der Waals surface area contributed by atoms with Gasteiger partial charge >= 0.3 is 0 Å². The van der Waals surface area contributed by atoms with Gasteiger partial charge in [-0.05, 0) is 53.9 Å². The van der Waals surface area contributed by atoms with E-state index in [1.54, 1.807) is 6.07 Å². The van der Waals surface area contributed by atoms with Gasteiger partial charge in [0.25, 0.3) is 0 Å². The molecule has 0 spiro atoms. The summed E-state index contributed by atoms with van der Waals surface area (Å²) in [6.45, 7) is 2.01. The van der Waals surface area contributed by atoms with Gasteiger partial charge in [-0.3, -0.25) is 0 Å². The third-order valence-corrected chi connectivity index (χ3v) is 7.11. The molecule has 1 N–H and O–H groups in total. The van der Waals surface area contributed by atoms with Crippen molar-refractivity contribution in [2.45, 2.75) is 6.92 Å². The number of rotatable bonds is 5. The molecule has 2 heterocycles. The SMILES string of the molecule is Cc1ccc2oc(-c3cc(-c4ccc(-c5nc(-c6ccccc6)cc(-c6ccccc6)n5)cc4)ccc3O)nc2c1. The van der Waals surface area contributed by atoms with E-state index in [1.807, 2.05) is 104 Å². The number of oxazole rings is 1. The van der Waals surface area contributed by atoms with Crippen LogP contribution in [-0.2, 0) is 0 Å². The molecule has 7 aromatic rings. The highest BCUT2D eigenvalue weighted by molar-refractivity contribution is 5.81. The van der Waals surface area contributed by atoms with Crippen molar-refractivity contribution in [3.8, 4) is 62.2 Å². The van der Waals surface area contributed by atoms with Gasteiger partial charge in [-0.2, -0.15) is 0 Å². The van der Waals surface area contributed by atoms with Gasteiger partial charge in [0, 0.05) is 16.7 Å². The smallest absolute Gasteiger partial charge is 0.231 e. The molecular formula is C36H25N3O2. The number of hydrogen-bond acceptors (Lipinski definition) is 5. The van der Waals surface area contributed by atoms with Crippen molar-refractivity contribution in [3.63, 3.8) is 0 Å². The Morgan fingerprint density at radius 2 is 1.15 bits per heavy atom. The van der Waals surface area contributed by atoms with Crippen molar-refractivity contribution >= 4 is 11.1 Å². The van der Waals surface area contributed by atoms with E-state index in [0.717, 1.165) is 50.3 Å². The van der Waals surface area contributed by atoms with Crippen LogP contribution >= 0.6 is 0 Å². The van der Waals surface area contributed by atoms with Gasteiger partial charge in [0.15, 0.2) is 11.4 Å². The van der Waals surface area contributed by atoms with Crippen molar-refractivity contribution in [3.05, 3.63) is 133 Å². The molecule has 41 heavy (non-hydrogen) atoms. The number of phenolic OH excluding ortho intramolecular Hbond substituents is 1. The number of fused-ring (bicyclic) bond motifs is 1. The lowest BCUT2D eigenvalue weighted by Gasteiger charge is -2.10. The van der Waals surface area contributed by atoms with Crippen LogP contribution in [0.1, 0.15) is 5.56 Å². The van der Waals surface area contributed by atoms with E-state index < -0.39 is 0 Å². The summed E-state index contributed by atoms with van der Waals surface area (Å²) in [7, 11) is 0. The Hall–Kier alpha value is -5.55. The molecular weight excluding hydrogens is 506 g/mol. The number of hydrogen-bond donors (Lipinski definition) is 1. The molecule has 0 atom stereocenters. The van der Waals surface area contributed by atoms with E-state index in [4.69, 9.17) is 14.4 Å². The number of nitrogens with zero attached hydrogens (tertiary/aromatic N) is 3. The van der Waals surface area contributed by atoms with Gasteiger partial charge in [0.2, 0.25) is 5.89 Å². The number of benzene rings is 5. The fraction of sp³-hybridized carbons (Fsp3) is 0.0278. The highest BCUT2D eigenvalue weighted by Crippen LogP contribution is 2.36. The lowest BCUT2D eigenvalue weighted by Crippen LogP contribution is -1.95. The minimum Gasteiger partial charge on any atom is -0.507 e. The van der Waals surface area contributed by atoms with E-state index >= 15 is 0 Å². The first-order valence-electron chi connectivity index (χ1n) is 13.4. The van der Waals surface area contributed by atoms with Crippen LogP contribution in [0.4, 0.5) is 0 Å². The van der Waals surface area contributed by atoms with Crippen molar-refractivity contribution in [2.75, 3.05) is 0 Å². The number of aryl methyl sites for hydroxylation is 1. The van der Waals surface area contributed by atoms with Crippen LogP contribution in [-0.4, -0.2) is 20.1 Å². The second-order valence-corrected chi connectivity index (χ2v) is 9.99. The van der Waals surface area contributed by atoms with E-state index in [2.05, 4.69) is 29.2 Å². The number of aromatic nitrogens is 3. The normalized spacial score (nSPS) is 11.1. The molecule has 0 fully saturated rings. The average molecular weight is 532 g/mol. The van der Waals surface area contributed by atoms with Crippen molar-refractivity contribution in [1.82, 2.24) is 15.0 Å². The quantitative estimate of drug-likeness (QED) is 0.240. The minimum atomic E-state index is 0.119. The maximum absolute atomic E-state index is 10.6. The summed E-state index contributed by atoms with van der Waals surface area (Å²) in [5, 5.41) is 10.6. The zero-order chi connectivity index (χ0) is 27.8. The van der Waals surface area contributed by atoms with Gasteiger partial charge in [-0.15, -0.1) is 0 Å². The fourth-order valence-corrected chi connectivity index (χ4v) is 4.94. The molecule has 0 saturated heterocycles. The van der Waals surface area contributed by atoms with Crippen LogP contribution in [0.25, 0.3) is 67.6 Å². The Morgan fingerprint density at radius 1 is 0.537 bits per heavy atom. The second-order valence-electron chi connectivity index (χ2n) is 9.99. The second kappa shape index (κ2) is 10.2. The number of aromatic hydroxyl groups is 1. The standard InChI is InChI=1S/C36H25N3O2/c1-23-12-19-34-32(20-23)39-36(41-34)29-21-28(17-18-33(29)40)24-13-15-27(16-14-24)35-37-30(25-8-4-2-5-9-25)22-31(38-35)26-10-6-3-7-11-26/h2-22,40H,1H3. The average Bonchev–Trinajstić information content (AvgIpc) is 3.45. The third kappa shape index (κ3) is 4.85. The van der Waals surface area contributed by atoms with E-state index in [1.165, 1.54) is 0 Å². The van der Waals surface area contributed by atoms with Crippen LogP contribution in [0.3, 0.4) is 0 Å². The molecule has 196 valence electrons. The van der Waals surface area contributed by atoms with Gasteiger partial charge in [0.1, 0.15) is 11.3 Å². The molecule has 7 rings (SSSR count). The highest BCUT2D eigenvalue weighted by Gasteiger charge is 2.15.